The van der Waals surface area contributed by atoms with Crippen molar-refractivity contribution in [2.45, 2.75) is 13.3 Å². The van der Waals surface area contributed by atoms with E-state index in [-0.39, 0.29) is 0 Å². The molecule has 2 heterocycles. The number of nitrogens with zero attached hydrogens (tertiary/aromatic N) is 2. The van der Waals surface area contributed by atoms with Gasteiger partial charge in [-0.05, 0) is 78.5 Å². The van der Waals surface area contributed by atoms with Gasteiger partial charge in [-0.25, -0.2) is 4.98 Å². The molecule has 1 unspecified atom stereocenters. The number of benzene rings is 8. The van der Waals surface area contributed by atoms with Crippen LogP contribution in [0.2, 0.25) is 0 Å². The number of para-hydroxylation sites is 1. The number of fused-ring (bicyclic) bond motifs is 4. The van der Waals surface area contributed by atoms with Crippen LogP contribution in [-0.2, 0) is 11.0 Å². The number of rotatable bonds is 3. The molecule has 4 heteroatoms. The molecule has 10 rings (SSSR count). The molecule has 0 spiro atoms. The van der Waals surface area contributed by atoms with Gasteiger partial charge >= 0.3 is 0 Å². The first-order chi connectivity index (χ1) is 22.2. The van der Waals surface area contributed by atoms with Crippen molar-refractivity contribution >= 4 is 77.2 Å². The summed E-state index contributed by atoms with van der Waals surface area (Å²) in [6.45, 7) is 2.14. The Bertz CT molecular complexity index is 2670. The van der Waals surface area contributed by atoms with Gasteiger partial charge in [0.05, 0.1) is 16.7 Å². The molecular formula is C41H27N2OP. The molecule has 3 nitrogen and oxygen atoms in total. The molecule has 0 amide bonds. The van der Waals surface area contributed by atoms with Crippen LogP contribution in [0.1, 0.15) is 12.7 Å². The van der Waals surface area contributed by atoms with Gasteiger partial charge in [-0.1, -0.05) is 116 Å². The molecule has 1 aliphatic heterocycles. The number of aromatic nitrogens is 2. The van der Waals surface area contributed by atoms with E-state index in [0.29, 0.717) is 0 Å². The van der Waals surface area contributed by atoms with Crippen LogP contribution in [-0.4, -0.2) is 9.55 Å². The molecule has 212 valence electrons. The van der Waals surface area contributed by atoms with Crippen LogP contribution in [0, 0.1) is 0 Å². The van der Waals surface area contributed by atoms with Crippen LogP contribution < -0.4 is 15.9 Å². The third-order valence-electron chi connectivity index (χ3n) is 9.89. The third-order valence-corrected chi connectivity index (χ3v) is 13.0. The van der Waals surface area contributed by atoms with Gasteiger partial charge in [0, 0.05) is 22.3 Å². The smallest absolute Gasteiger partial charge is 0.175 e. The van der Waals surface area contributed by atoms with E-state index in [1.54, 1.807) is 0 Å². The van der Waals surface area contributed by atoms with Gasteiger partial charge in [0.2, 0.25) is 0 Å². The molecule has 9 aromatic rings. The number of hydrogen-bond donors (Lipinski definition) is 0. The van der Waals surface area contributed by atoms with Gasteiger partial charge in [-0.2, -0.15) is 0 Å². The average molecular weight is 595 g/mol. The normalized spacial score (nSPS) is 15.9. The lowest BCUT2D eigenvalue weighted by Crippen LogP contribution is -2.33. The zero-order valence-electron chi connectivity index (χ0n) is 24.7. The maximum absolute atomic E-state index is 15.5. The molecule has 0 saturated carbocycles. The van der Waals surface area contributed by atoms with Gasteiger partial charge in [0.15, 0.2) is 7.14 Å². The van der Waals surface area contributed by atoms with E-state index < -0.39 is 7.14 Å². The van der Waals surface area contributed by atoms with E-state index in [9.17, 15) is 0 Å². The summed E-state index contributed by atoms with van der Waals surface area (Å²) in [7, 11) is -3.15. The largest absolute Gasteiger partial charge is 0.308 e. The van der Waals surface area contributed by atoms with Crippen LogP contribution in [0.3, 0.4) is 0 Å². The number of imidazole rings is 1. The van der Waals surface area contributed by atoms with E-state index in [0.717, 1.165) is 50.4 Å². The summed E-state index contributed by atoms with van der Waals surface area (Å²) in [4.78, 5) is 5.04. The summed E-state index contributed by atoms with van der Waals surface area (Å²) in [6.07, 6.45) is 0.777. The van der Waals surface area contributed by atoms with Crippen molar-refractivity contribution in [3.8, 4) is 16.8 Å². The van der Waals surface area contributed by atoms with Crippen molar-refractivity contribution in [3.63, 3.8) is 0 Å². The van der Waals surface area contributed by atoms with Crippen molar-refractivity contribution in [2.24, 2.45) is 0 Å². The van der Waals surface area contributed by atoms with E-state index in [1.807, 2.05) is 48.5 Å². The molecule has 1 aromatic heterocycles. The van der Waals surface area contributed by atoms with Gasteiger partial charge < -0.3 is 4.57 Å². The molecule has 0 aliphatic carbocycles. The Labute approximate surface area is 260 Å². The SMILES string of the molecule is CCc1nc2cccc3c2n1-c1cc(-c2ccc4c5cccc6cccc(c7cccc2c74)c65)ccc1P3(=O)c1ccccc1. The van der Waals surface area contributed by atoms with Crippen molar-refractivity contribution < 1.29 is 4.57 Å². The van der Waals surface area contributed by atoms with Crippen molar-refractivity contribution in [1.29, 1.82) is 0 Å². The molecule has 0 N–H and O–H groups in total. The molecule has 0 fully saturated rings. The monoisotopic (exact) mass is 594 g/mol. The lowest BCUT2D eigenvalue weighted by molar-refractivity contribution is 0.592. The molecule has 1 aliphatic rings. The second kappa shape index (κ2) is 8.91. The first kappa shape index (κ1) is 25.1. The summed E-state index contributed by atoms with van der Waals surface area (Å²) in [5.74, 6) is 0.983. The molecule has 0 saturated heterocycles. The minimum absolute atomic E-state index is 0.777. The Hall–Kier alpha value is -5.24. The Kier molecular flexibility index (Phi) is 4.97. The summed E-state index contributed by atoms with van der Waals surface area (Å²) in [5.41, 5.74) is 5.11. The second-order valence-electron chi connectivity index (χ2n) is 12.1. The van der Waals surface area contributed by atoms with Crippen molar-refractivity contribution in [2.75, 3.05) is 0 Å². The highest BCUT2D eigenvalue weighted by molar-refractivity contribution is 7.86. The lowest BCUT2D eigenvalue weighted by atomic mass is 9.87. The van der Waals surface area contributed by atoms with Crippen molar-refractivity contribution in [3.05, 3.63) is 139 Å². The van der Waals surface area contributed by atoms with Crippen LogP contribution in [0.4, 0.5) is 0 Å². The lowest BCUT2D eigenvalue weighted by Gasteiger charge is -2.29. The zero-order chi connectivity index (χ0) is 29.9. The van der Waals surface area contributed by atoms with Crippen LogP contribution in [0.15, 0.2) is 133 Å². The summed E-state index contributed by atoms with van der Waals surface area (Å²) in [6, 6.07) is 47.1. The summed E-state index contributed by atoms with van der Waals surface area (Å²) in [5, 5.41) is 12.8. The molecule has 0 radical (unpaired) electrons. The quantitative estimate of drug-likeness (QED) is 0.116. The highest BCUT2D eigenvalue weighted by atomic mass is 31.2. The van der Waals surface area contributed by atoms with Crippen LogP contribution in [0.25, 0.3) is 70.9 Å². The predicted molar refractivity (Wildman–Crippen MR) is 190 cm³/mol. The van der Waals surface area contributed by atoms with E-state index in [2.05, 4.69) is 96.4 Å². The fourth-order valence-corrected chi connectivity index (χ4v) is 11.0. The van der Waals surface area contributed by atoms with E-state index in [1.165, 1.54) is 48.7 Å². The standard InChI is InChI=1S/C41H27N2OP/c1-2-38-42-34-18-9-19-37-41(34)43(38)35-24-26(20-23-36(35)45(37,44)27-12-4-3-5-13-27)28-21-22-33-31-15-7-11-25-10-6-14-30(39(25)31)32-17-8-16-29(28)40(32)33/h3-24H,2H2,1H3. The zero-order valence-corrected chi connectivity index (χ0v) is 25.6. The average Bonchev–Trinajstić information content (AvgIpc) is 3.49. The summed E-state index contributed by atoms with van der Waals surface area (Å²) < 4.78 is 17.8. The third kappa shape index (κ3) is 3.16. The Morgan fingerprint density at radius 2 is 1.31 bits per heavy atom. The van der Waals surface area contributed by atoms with Crippen molar-refractivity contribution in [1.82, 2.24) is 9.55 Å². The van der Waals surface area contributed by atoms with Gasteiger partial charge in [-0.15, -0.1) is 0 Å². The highest BCUT2D eigenvalue weighted by Gasteiger charge is 2.39. The molecule has 1 atom stereocenters. The number of aryl methyl sites for hydroxylation is 1. The molecular weight excluding hydrogens is 567 g/mol. The minimum Gasteiger partial charge on any atom is -0.308 e. The fourth-order valence-electron chi connectivity index (χ4n) is 7.99. The summed E-state index contributed by atoms with van der Waals surface area (Å²) >= 11 is 0. The highest BCUT2D eigenvalue weighted by Crippen LogP contribution is 2.50. The first-order valence-corrected chi connectivity index (χ1v) is 17.3. The topological polar surface area (TPSA) is 34.9 Å². The molecule has 45 heavy (non-hydrogen) atoms. The fraction of sp³-hybridized carbons (Fsp3) is 0.0488. The van der Waals surface area contributed by atoms with E-state index in [4.69, 9.17) is 4.98 Å². The van der Waals surface area contributed by atoms with Gasteiger partial charge in [-0.3, -0.25) is 4.57 Å². The maximum atomic E-state index is 15.5. The minimum atomic E-state index is -3.15. The second-order valence-corrected chi connectivity index (χ2v) is 14.8. The van der Waals surface area contributed by atoms with E-state index >= 15 is 4.57 Å². The Balaban J connectivity index is 1.30. The number of hydrogen-bond acceptors (Lipinski definition) is 2. The van der Waals surface area contributed by atoms with Crippen LogP contribution >= 0.6 is 7.14 Å². The Morgan fingerprint density at radius 3 is 2.09 bits per heavy atom. The Morgan fingerprint density at radius 1 is 0.622 bits per heavy atom. The van der Waals surface area contributed by atoms with Gasteiger partial charge in [0.1, 0.15) is 5.82 Å². The first-order valence-electron chi connectivity index (χ1n) is 15.6. The van der Waals surface area contributed by atoms with Crippen LogP contribution in [0.5, 0.6) is 0 Å². The predicted octanol–water partition coefficient (Wildman–Crippen LogP) is 9.26. The maximum Gasteiger partial charge on any atom is 0.175 e. The molecule has 8 aromatic carbocycles. The molecule has 0 bridgehead atoms. The van der Waals surface area contributed by atoms with Gasteiger partial charge in [0.25, 0.3) is 0 Å².